The van der Waals surface area contributed by atoms with Crippen molar-refractivity contribution in [1.29, 1.82) is 0 Å². The minimum Gasteiger partial charge on any atom is -0.462 e. The van der Waals surface area contributed by atoms with E-state index in [0.29, 0.717) is 19.4 Å². The van der Waals surface area contributed by atoms with Crippen molar-refractivity contribution in [3.8, 4) is 0 Å². The number of rotatable bonds is 54. The molecule has 0 aliphatic rings. The Hall–Kier alpha value is -3.18. The molecule has 1 unspecified atom stereocenters. The van der Waals surface area contributed by atoms with E-state index in [2.05, 4.69) is 118 Å². The van der Waals surface area contributed by atoms with Gasteiger partial charge in [0.1, 0.15) is 6.61 Å². The summed E-state index contributed by atoms with van der Waals surface area (Å²) < 4.78 is 17.4. The van der Waals surface area contributed by atoms with Crippen molar-refractivity contribution in [2.24, 2.45) is 0 Å². The van der Waals surface area contributed by atoms with Gasteiger partial charge in [0.2, 0.25) is 0 Å². The van der Waals surface area contributed by atoms with Crippen LogP contribution in [-0.4, -0.2) is 37.9 Å². The molecule has 1 atom stereocenters. The average Bonchev–Trinajstić information content (AvgIpc) is 3.36. The van der Waals surface area contributed by atoms with Crippen molar-refractivity contribution < 1.29 is 23.8 Å². The Morgan fingerprint density at radius 1 is 0.329 bits per heavy atom. The largest absolute Gasteiger partial charge is 0.462 e. The van der Waals surface area contributed by atoms with Gasteiger partial charge >= 0.3 is 11.9 Å². The number of hydrogen-bond donors (Lipinski definition) is 0. The van der Waals surface area contributed by atoms with Gasteiger partial charge in [0.05, 0.1) is 13.2 Å². The predicted molar refractivity (Wildman–Crippen MR) is 306 cm³/mol. The fourth-order valence-corrected chi connectivity index (χ4v) is 8.23. The fraction of sp³-hybridized carbons (Fsp3) is 0.723. The highest BCUT2D eigenvalue weighted by molar-refractivity contribution is 5.70. The molecule has 0 amide bonds. The molecule has 0 saturated heterocycles. The summed E-state index contributed by atoms with van der Waals surface area (Å²) in [6, 6.07) is 0. The maximum absolute atomic E-state index is 12.9. The fourth-order valence-electron chi connectivity index (χ4n) is 8.23. The van der Waals surface area contributed by atoms with Crippen LogP contribution in [0.4, 0.5) is 0 Å². The highest BCUT2D eigenvalue weighted by atomic mass is 16.6. The lowest BCUT2D eigenvalue weighted by molar-refractivity contribution is -0.162. The summed E-state index contributed by atoms with van der Waals surface area (Å²) >= 11 is 0. The normalized spacial score (nSPS) is 12.9. The molecule has 0 radical (unpaired) electrons. The first-order chi connectivity index (χ1) is 34.6. The van der Waals surface area contributed by atoms with Crippen molar-refractivity contribution in [2.45, 2.75) is 284 Å². The molecule has 0 N–H and O–H groups in total. The Morgan fingerprint density at radius 3 is 1.06 bits per heavy atom. The van der Waals surface area contributed by atoms with Crippen molar-refractivity contribution in [2.75, 3.05) is 19.8 Å². The molecule has 0 aliphatic heterocycles. The first kappa shape index (κ1) is 66.8. The second-order valence-electron chi connectivity index (χ2n) is 19.5. The Kier molecular flexibility index (Phi) is 57.4. The van der Waals surface area contributed by atoms with Gasteiger partial charge in [0.25, 0.3) is 0 Å². The van der Waals surface area contributed by atoms with Crippen LogP contribution in [0.15, 0.2) is 97.2 Å². The molecule has 0 spiro atoms. The zero-order valence-corrected chi connectivity index (χ0v) is 46.3. The second kappa shape index (κ2) is 60.1. The Bertz CT molecular complexity index is 1330. The number of esters is 2. The van der Waals surface area contributed by atoms with Gasteiger partial charge < -0.3 is 14.2 Å². The minimum atomic E-state index is -0.586. The molecule has 0 bridgehead atoms. The summed E-state index contributed by atoms with van der Waals surface area (Å²) in [4.78, 5) is 25.6. The maximum atomic E-state index is 12.9. The van der Waals surface area contributed by atoms with Gasteiger partial charge in [-0.1, -0.05) is 272 Å². The molecule has 402 valence electrons. The molecular weight excluding hydrogens is 861 g/mol. The third-order valence-corrected chi connectivity index (χ3v) is 12.6. The van der Waals surface area contributed by atoms with E-state index in [9.17, 15) is 9.59 Å². The molecule has 0 aliphatic carbocycles. The van der Waals surface area contributed by atoms with Crippen LogP contribution in [0.3, 0.4) is 0 Å². The lowest BCUT2D eigenvalue weighted by atomic mass is 10.0. The maximum Gasteiger partial charge on any atom is 0.306 e. The van der Waals surface area contributed by atoms with E-state index < -0.39 is 6.10 Å². The Labute approximate surface area is 434 Å². The van der Waals surface area contributed by atoms with Crippen LogP contribution >= 0.6 is 0 Å². The van der Waals surface area contributed by atoms with E-state index in [1.165, 1.54) is 154 Å². The van der Waals surface area contributed by atoms with E-state index in [4.69, 9.17) is 14.2 Å². The standard InChI is InChI=1S/C65H112O5/c1-4-7-10-13-16-19-22-25-28-31-33-35-37-40-43-46-49-52-55-58-64(66)69-62-63(61-68-60-57-54-51-48-45-42-39-30-27-24-21-18-15-12-9-6-3)70-65(67)59-56-53-50-47-44-41-38-36-34-32-29-26-23-20-17-14-11-8-5-2/h9,12,16,18-19,21,25,27-28,30,33,35,42,45,51,54,63H,4-8,10-11,13-15,17,20,22-24,26,29,31-32,34,36-41,43-44,46-50,52-53,55-62H2,1-3H3/b12-9-,19-16-,21-18-,28-25-,30-27-,35-33-,45-42-,54-51-. The molecule has 0 aromatic rings. The molecular formula is C65H112O5. The lowest BCUT2D eigenvalue weighted by Crippen LogP contribution is -2.30. The monoisotopic (exact) mass is 973 g/mol. The van der Waals surface area contributed by atoms with Crippen molar-refractivity contribution in [3.05, 3.63) is 97.2 Å². The molecule has 5 heteroatoms. The molecule has 5 nitrogen and oxygen atoms in total. The van der Waals surface area contributed by atoms with Crippen LogP contribution in [0.5, 0.6) is 0 Å². The topological polar surface area (TPSA) is 61.8 Å². The molecule has 0 aromatic carbocycles. The highest BCUT2D eigenvalue weighted by Gasteiger charge is 2.17. The third kappa shape index (κ3) is 57.4. The van der Waals surface area contributed by atoms with Crippen LogP contribution in [0.1, 0.15) is 278 Å². The average molecular weight is 974 g/mol. The van der Waals surface area contributed by atoms with Gasteiger partial charge in [-0.3, -0.25) is 9.59 Å². The third-order valence-electron chi connectivity index (χ3n) is 12.6. The molecule has 0 rings (SSSR count). The number of allylic oxidation sites excluding steroid dienone is 15. The van der Waals surface area contributed by atoms with E-state index in [0.717, 1.165) is 89.9 Å². The number of carbonyl (C=O) groups is 2. The zero-order valence-electron chi connectivity index (χ0n) is 46.3. The first-order valence-corrected chi connectivity index (χ1v) is 29.8. The zero-order chi connectivity index (χ0) is 50.6. The summed E-state index contributed by atoms with van der Waals surface area (Å²) in [7, 11) is 0. The van der Waals surface area contributed by atoms with Crippen LogP contribution in [0.2, 0.25) is 0 Å². The smallest absolute Gasteiger partial charge is 0.306 e. The number of hydrogen-bond acceptors (Lipinski definition) is 5. The van der Waals surface area contributed by atoms with Gasteiger partial charge in [-0.25, -0.2) is 0 Å². The van der Waals surface area contributed by atoms with Crippen LogP contribution in [-0.2, 0) is 23.8 Å². The van der Waals surface area contributed by atoms with Crippen molar-refractivity contribution in [1.82, 2.24) is 0 Å². The van der Waals surface area contributed by atoms with Crippen molar-refractivity contribution in [3.63, 3.8) is 0 Å². The summed E-state index contributed by atoms with van der Waals surface area (Å²) in [5, 5.41) is 0. The molecule has 0 heterocycles. The van der Waals surface area contributed by atoms with E-state index >= 15 is 0 Å². The molecule has 0 fully saturated rings. The predicted octanol–water partition coefficient (Wildman–Crippen LogP) is 20.6. The summed E-state index contributed by atoms with van der Waals surface area (Å²) in [6.07, 6.45) is 81.7. The number of carbonyl (C=O) groups excluding carboxylic acids is 2. The second-order valence-corrected chi connectivity index (χ2v) is 19.5. The Morgan fingerprint density at radius 2 is 0.643 bits per heavy atom. The van der Waals surface area contributed by atoms with Gasteiger partial charge in [0, 0.05) is 12.8 Å². The van der Waals surface area contributed by atoms with E-state index in [1.54, 1.807) is 0 Å². The molecule has 0 aromatic heterocycles. The van der Waals surface area contributed by atoms with Gasteiger partial charge in [-0.15, -0.1) is 0 Å². The van der Waals surface area contributed by atoms with Crippen LogP contribution in [0.25, 0.3) is 0 Å². The van der Waals surface area contributed by atoms with Crippen LogP contribution in [0, 0.1) is 0 Å². The van der Waals surface area contributed by atoms with Gasteiger partial charge in [0.15, 0.2) is 6.10 Å². The number of ether oxygens (including phenoxy) is 3. The molecule has 0 saturated carbocycles. The molecule has 70 heavy (non-hydrogen) atoms. The minimum absolute atomic E-state index is 0.0465. The SMILES string of the molecule is CC/C=C\C/C=C\C/C=C\C/C=C\C/C=C\CCOCC(COC(=O)CCCCCCCC/C=C\C/C=C\C/C=C\CCCCC)OC(=O)CCCCCCCCCCCCCCCCCCCCC. The highest BCUT2D eigenvalue weighted by Crippen LogP contribution is 2.16. The summed E-state index contributed by atoms with van der Waals surface area (Å²) in [6.45, 7) is 7.49. The Balaban J connectivity index is 4.37. The summed E-state index contributed by atoms with van der Waals surface area (Å²) in [5.74, 6) is -0.445. The van der Waals surface area contributed by atoms with Gasteiger partial charge in [-0.2, -0.15) is 0 Å². The van der Waals surface area contributed by atoms with E-state index in [1.807, 2.05) is 0 Å². The summed E-state index contributed by atoms with van der Waals surface area (Å²) in [5.41, 5.74) is 0. The number of unbranched alkanes of at least 4 members (excludes halogenated alkanes) is 27. The van der Waals surface area contributed by atoms with Crippen molar-refractivity contribution >= 4 is 11.9 Å². The van der Waals surface area contributed by atoms with Crippen LogP contribution < -0.4 is 0 Å². The quantitative estimate of drug-likeness (QED) is 0.0345. The first-order valence-electron chi connectivity index (χ1n) is 29.8. The lowest BCUT2D eigenvalue weighted by Gasteiger charge is -2.18. The van der Waals surface area contributed by atoms with Gasteiger partial charge in [-0.05, 0) is 89.9 Å². The van der Waals surface area contributed by atoms with E-state index in [-0.39, 0.29) is 25.2 Å².